The van der Waals surface area contributed by atoms with Crippen molar-refractivity contribution in [2.75, 3.05) is 6.61 Å². The van der Waals surface area contributed by atoms with Gasteiger partial charge in [-0.05, 0) is 49.7 Å². The first-order valence-corrected chi connectivity index (χ1v) is 9.11. The molecule has 1 N–H and O–H groups in total. The standard InChI is InChI=1S/C20H21FO3S/c1-13-12-20(23,7-8-24-13)16-9-17(21)11-19(10-16)25-18-5-3-15(4-6-18)14(2)22/h3-6,9-11,13,23H,7-8,12H2,1-2H3/t13-,20+/m0/s1. The van der Waals surface area contributed by atoms with E-state index in [0.29, 0.717) is 30.6 Å². The van der Waals surface area contributed by atoms with Crippen LogP contribution >= 0.6 is 11.8 Å². The fourth-order valence-corrected chi connectivity index (χ4v) is 4.01. The van der Waals surface area contributed by atoms with Crippen molar-refractivity contribution in [2.45, 2.75) is 48.2 Å². The minimum Gasteiger partial charge on any atom is -0.385 e. The highest BCUT2D eigenvalue weighted by atomic mass is 32.2. The first-order valence-electron chi connectivity index (χ1n) is 8.30. The molecule has 0 unspecified atom stereocenters. The highest BCUT2D eigenvalue weighted by Crippen LogP contribution is 2.38. The van der Waals surface area contributed by atoms with Crippen LogP contribution in [0.15, 0.2) is 52.3 Å². The van der Waals surface area contributed by atoms with Crippen molar-refractivity contribution in [3.63, 3.8) is 0 Å². The maximum atomic E-state index is 14.1. The fraction of sp³-hybridized carbons (Fsp3) is 0.350. The van der Waals surface area contributed by atoms with Gasteiger partial charge < -0.3 is 9.84 Å². The largest absolute Gasteiger partial charge is 0.385 e. The molecule has 0 amide bonds. The van der Waals surface area contributed by atoms with Crippen molar-refractivity contribution in [3.8, 4) is 0 Å². The number of carbonyl (C=O) groups excluding carboxylic acids is 1. The lowest BCUT2D eigenvalue weighted by molar-refractivity contribution is -0.101. The molecule has 1 fully saturated rings. The molecule has 132 valence electrons. The van der Waals surface area contributed by atoms with Gasteiger partial charge in [0.15, 0.2) is 5.78 Å². The molecule has 2 aromatic rings. The number of halogens is 1. The van der Waals surface area contributed by atoms with E-state index in [9.17, 15) is 14.3 Å². The van der Waals surface area contributed by atoms with Gasteiger partial charge in [-0.3, -0.25) is 4.79 Å². The average molecular weight is 360 g/mol. The van der Waals surface area contributed by atoms with Crippen molar-refractivity contribution >= 4 is 17.5 Å². The van der Waals surface area contributed by atoms with Gasteiger partial charge in [0.1, 0.15) is 5.82 Å². The minimum absolute atomic E-state index is 0.0143. The number of aliphatic hydroxyl groups is 1. The second-order valence-electron chi connectivity index (χ2n) is 6.53. The Bertz CT molecular complexity index is 775. The average Bonchev–Trinajstić information content (AvgIpc) is 2.54. The van der Waals surface area contributed by atoms with Crippen LogP contribution in [0.3, 0.4) is 0 Å². The summed E-state index contributed by atoms with van der Waals surface area (Å²) in [6, 6.07) is 11.9. The topological polar surface area (TPSA) is 46.5 Å². The Morgan fingerprint density at radius 3 is 2.60 bits per heavy atom. The van der Waals surface area contributed by atoms with Crippen LogP contribution in [-0.2, 0) is 10.3 Å². The third-order valence-corrected chi connectivity index (χ3v) is 5.43. The summed E-state index contributed by atoms with van der Waals surface area (Å²) in [7, 11) is 0. The van der Waals surface area contributed by atoms with E-state index in [1.165, 1.54) is 30.8 Å². The molecule has 0 aromatic heterocycles. The van der Waals surface area contributed by atoms with Crippen molar-refractivity contribution in [1.29, 1.82) is 0 Å². The van der Waals surface area contributed by atoms with Crippen LogP contribution < -0.4 is 0 Å². The molecule has 5 heteroatoms. The Balaban J connectivity index is 1.85. The van der Waals surface area contributed by atoms with Crippen LogP contribution in [0.2, 0.25) is 0 Å². The molecule has 0 aliphatic carbocycles. The molecule has 1 heterocycles. The van der Waals surface area contributed by atoms with Gasteiger partial charge in [-0.15, -0.1) is 0 Å². The third-order valence-electron chi connectivity index (χ3n) is 4.45. The molecular formula is C20H21FO3S. The van der Waals surface area contributed by atoms with E-state index in [-0.39, 0.29) is 17.7 Å². The highest BCUT2D eigenvalue weighted by Gasteiger charge is 2.35. The van der Waals surface area contributed by atoms with E-state index in [1.807, 2.05) is 25.1 Å². The fourth-order valence-electron chi connectivity index (χ4n) is 3.11. The molecule has 0 saturated carbocycles. The van der Waals surface area contributed by atoms with E-state index in [4.69, 9.17) is 4.74 Å². The summed E-state index contributed by atoms with van der Waals surface area (Å²) in [5.41, 5.74) is 0.174. The van der Waals surface area contributed by atoms with Crippen LogP contribution in [-0.4, -0.2) is 23.6 Å². The maximum absolute atomic E-state index is 14.1. The molecule has 1 aliphatic rings. The summed E-state index contributed by atoms with van der Waals surface area (Å²) in [5.74, 6) is -0.353. The number of rotatable bonds is 4. The molecule has 0 spiro atoms. The monoisotopic (exact) mass is 360 g/mol. The summed E-state index contributed by atoms with van der Waals surface area (Å²) in [4.78, 5) is 13.0. The first kappa shape index (κ1) is 18.1. The number of hydrogen-bond acceptors (Lipinski definition) is 4. The van der Waals surface area contributed by atoms with Gasteiger partial charge in [0.2, 0.25) is 0 Å². The Morgan fingerprint density at radius 1 is 1.24 bits per heavy atom. The van der Waals surface area contributed by atoms with E-state index in [1.54, 1.807) is 12.1 Å². The molecule has 3 nitrogen and oxygen atoms in total. The number of hydrogen-bond donors (Lipinski definition) is 1. The summed E-state index contributed by atoms with van der Waals surface area (Å²) in [5, 5.41) is 10.9. The SMILES string of the molecule is CC(=O)c1ccc(Sc2cc(F)cc([C@@]3(O)CCO[C@@H](C)C3)c2)cc1. The van der Waals surface area contributed by atoms with Gasteiger partial charge >= 0.3 is 0 Å². The van der Waals surface area contributed by atoms with Crippen molar-refractivity contribution in [1.82, 2.24) is 0 Å². The smallest absolute Gasteiger partial charge is 0.159 e. The Kier molecular flexibility index (Phi) is 5.27. The lowest BCUT2D eigenvalue weighted by Crippen LogP contribution is -2.37. The predicted octanol–water partition coefficient (Wildman–Crippen LogP) is 4.57. The van der Waals surface area contributed by atoms with Crippen LogP contribution in [0.4, 0.5) is 4.39 Å². The van der Waals surface area contributed by atoms with Gasteiger partial charge in [-0.2, -0.15) is 0 Å². The van der Waals surface area contributed by atoms with Gasteiger partial charge in [0.05, 0.1) is 18.3 Å². The summed E-state index contributed by atoms with van der Waals surface area (Å²) in [6.45, 7) is 3.90. The van der Waals surface area contributed by atoms with Crippen LogP contribution in [0.25, 0.3) is 0 Å². The first-order chi connectivity index (χ1) is 11.9. The number of ketones is 1. The molecule has 1 aliphatic heterocycles. The van der Waals surface area contributed by atoms with Gasteiger partial charge in [-0.25, -0.2) is 4.39 Å². The van der Waals surface area contributed by atoms with E-state index < -0.39 is 5.60 Å². The molecule has 3 rings (SSSR count). The van der Waals surface area contributed by atoms with Crippen molar-refractivity contribution in [3.05, 3.63) is 59.4 Å². The normalized spacial score (nSPS) is 23.4. The second-order valence-corrected chi connectivity index (χ2v) is 7.67. The Labute approximate surface area is 151 Å². The quantitative estimate of drug-likeness (QED) is 0.812. The lowest BCUT2D eigenvalue weighted by atomic mass is 9.84. The lowest BCUT2D eigenvalue weighted by Gasteiger charge is -2.36. The van der Waals surface area contributed by atoms with Gasteiger partial charge in [0.25, 0.3) is 0 Å². The minimum atomic E-state index is -1.06. The summed E-state index contributed by atoms with van der Waals surface area (Å²) >= 11 is 1.41. The number of ether oxygens (including phenoxy) is 1. The van der Waals surface area contributed by atoms with Gasteiger partial charge in [-0.1, -0.05) is 23.9 Å². The zero-order valence-corrected chi connectivity index (χ0v) is 15.1. The molecule has 2 atom stereocenters. The zero-order valence-electron chi connectivity index (χ0n) is 14.3. The molecule has 0 radical (unpaired) electrons. The Morgan fingerprint density at radius 2 is 1.96 bits per heavy atom. The van der Waals surface area contributed by atoms with E-state index >= 15 is 0 Å². The summed E-state index contributed by atoms with van der Waals surface area (Å²) in [6.07, 6.45) is 0.851. The number of benzene rings is 2. The predicted molar refractivity (Wildman–Crippen MR) is 95.5 cm³/mol. The van der Waals surface area contributed by atoms with Crippen LogP contribution in [0.1, 0.15) is 42.6 Å². The second kappa shape index (κ2) is 7.28. The van der Waals surface area contributed by atoms with Crippen LogP contribution in [0, 0.1) is 5.82 Å². The van der Waals surface area contributed by atoms with Crippen molar-refractivity contribution < 1.29 is 19.0 Å². The molecule has 2 aromatic carbocycles. The zero-order chi connectivity index (χ0) is 18.0. The summed E-state index contributed by atoms with van der Waals surface area (Å²) < 4.78 is 19.6. The molecular weight excluding hydrogens is 339 g/mol. The van der Waals surface area contributed by atoms with E-state index in [0.717, 1.165) is 9.79 Å². The molecule has 0 bridgehead atoms. The number of Topliss-reactive ketones (excluding diaryl/α,β-unsaturated/α-hetero) is 1. The highest BCUT2D eigenvalue weighted by molar-refractivity contribution is 7.99. The van der Waals surface area contributed by atoms with E-state index in [2.05, 4.69) is 0 Å². The Hall–Kier alpha value is -1.69. The number of carbonyl (C=O) groups is 1. The van der Waals surface area contributed by atoms with Crippen molar-refractivity contribution in [2.24, 2.45) is 0 Å². The van der Waals surface area contributed by atoms with Gasteiger partial charge in [0, 0.05) is 28.2 Å². The molecule has 1 saturated heterocycles. The third kappa shape index (κ3) is 4.29. The maximum Gasteiger partial charge on any atom is 0.159 e. The van der Waals surface area contributed by atoms with Crippen LogP contribution in [0.5, 0.6) is 0 Å². The molecule has 25 heavy (non-hydrogen) atoms.